The van der Waals surface area contributed by atoms with Gasteiger partial charge in [-0.3, -0.25) is 4.90 Å². The van der Waals surface area contributed by atoms with Crippen molar-refractivity contribution in [3.63, 3.8) is 0 Å². The molecule has 17 heavy (non-hydrogen) atoms. The first kappa shape index (κ1) is 12.7. The normalized spacial score (nSPS) is 25.6. The van der Waals surface area contributed by atoms with Gasteiger partial charge in [-0.25, -0.2) is 0 Å². The monoisotopic (exact) mass is 236 g/mol. The maximum absolute atomic E-state index is 5.82. The molecule has 1 aliphatic heterocycles. The van der Waals surface area contributed by atoms with Gasteiger partial charge < -0.3 is 9.73 Å². The fourth-order valence-electron chi connectivity index (χ4n) is 2.81. The lowest BCUT2D eigenvalue weighted by Crippen LogP contribution is -2.33. The molecular weight excluding hydrogens is 212 g/mol. The minimum absolute atomic E-state index is 0.692. The van der Waals surface area contributed by atoms with Crippen LogP contribution in [0.4, 0.5) is 0 Å². The molecule has 0 aromatic carbocycles. The van der Waals surface area contributed by atoms with Gasteiger partial charge >= 0.3 is 0 Å². The summed E-state index contributed by atoms with van der Waals surface area (Å²) in [6.07, 6.45) is 3.90. The molecule has 0 radical (unpaired) electrons. The zero-order valence-electron chi connectivity index (χ0n) is 11.2. The van der Waals surface area contributed by atoms with E-state index in [0.29, 0.717) is 6.04 Å². The number of hydrogen-bond acceptors (Lipinski definition) is 3. The largest absolute Gasteiger partial charge is 0.463 e. The van der Waals surface area contributed by atoms with Crippen LogP contribution in [0.2, 0.25) is 0 Å². The molecule has 2 atom stereocenters. The second-order valence-corrected chi connectivity index (χ2v) is 5.06. The Morgan fingerprint density at radius 2 is 2.12 bits per heavy atom. The Morgan fingerprint density at radius 1 is 1.35 bits per heavy atom. The molecule has 2 rings (SSSR count). The molecule has 2 unspecified atom stereocenters. The van der Waals surface area contributed by atoms with Crippen LogP contribution in [0, 0.1) is 0 Å². The van der Waals surface area contributed by atoms with Gasteiger partial charge in [-0.05, 0) is 45.4 Å². The summed E-state index contributed by atoms with van der Waals surface area (Å²) in [5.74, 6) is 2.13. The Hall–Kier alpha value is -0.800. The van der Waals surface area contributed by atoms with Crippen LogP contribution in [0.5, 0.6) is 0 Å². The molecular formula is C14H24N2O. The van der Waals surface area contributed by atoms with E-state index in [1.165, 1.54) is 19.3 Å². The summed E-state index contributed by atoms with van der Waals surface area (Å²) in [5, 5.41) is 3.11. The summed E-state index contributed by atoms with van der Waals surface area (Å²) >= 11 is 0. The van der Waals surface area contributed by atoms with Crippen molar-refractivity contribution in [3.8, 4) is 0 Å². The summed E-state index contributed by atoms with van der Waals surface area (Å²) in [7, 11) is 1.94. The molecule has 96 valence electrons. The maximum atomic E-state index is 5.82. The van der Waals surface area contributed by atoms with Gasteiger partial charge in [0.05, 0.1) is 13.1 Å². The first-order valence-electron chi connectivity index (χ1n) is 6.72. The molecule has 3 nitrogen and oxygen atoms in total. The molecule has 1 aliphatic rings. The highest BCUT2D eigenvalue weighted by molar-refractivity contribution is 5.07. The lowest BCUT2D eigenvalue weighted by Gasteiger charge is -2.26. The summed E-state index contributed by atoms with van der Waals surface area (Å²) in [6, 6.07) is 5.62. The number of rotatable bonds is 5. The predicted molar refractivity (Wildman–Crippen MR) is 69.8 cm³/mol. The molecule has 1 aromatic rings. The predicted octanol–water partition coefficient (Wildman–Crippen LogP) is 2.76. The Balaban J connectivity index is 1.98. The zero-order chi connectivity index (χ0) is 12.3. The first-order chi connectivity index (χ1) is 8.24. The molecule has 1 N–H and O–H groups in total. The quantitative estimate of drug-likeness (QED) is 0.852. The van der Waals surface area contributed by atoms with E-state index in [2.05, 4.69) is 36.2 Å². The van der Waals surface area contributed by atoms with Gasteiger partial charge in [0, 0.05) is 12.1 Å². The molecule has 2 heterocycles. The van der Waals surface area contributed by atoms with E-state index in [1.807, 2.05) is 7.05 Å². The smallest absolute Gasteiger partial charge is 0.118 e. The second-order valence-electron chi connectivity index (χ2n) is 5.06. The van der Waals surface area contributed by atoms with Crippen molar-refractivity contribution in [1.29, 1.82) is 0 Å². The average molecular weight is 236 g/mol. The van der Waals surface area contributed by atoms with Gasteiger partial charge in [-0.2, -0.15) is 0 Å². The van der Waals surface area contributed by atoms with Crippen LogP contribution in [0.25, 0.3) is 0 Å². The minimum Gasteiger partial charge on any atom is -0.463 e. The van der Waals surface area contributed by atoms with E-state index < -0.39 is 0 Å². The Kier molecular flexibility index (Phi) is 4.24. The van der Waals surface area contributed by atoms with Crippen molar-refractivity contribution in [2.45, 2.75) is 58.3 Å². The van der Waals surface area contributed by atoms with Crippen molar-refractivity contribution < 1.29 is 4.42 Å². The van der Waals surface area contributed by atoms with Crippen molar-refractivity contribution >= 4 is 0 Å². The number of furan rings is 1. The van der Waals surface area contributed by atoms with E-state index in [9.17, 15) is 0 Å². The second kappa shape index (κ2) is 5.69. The van der Waals surface area contributed by atoms with Gasteiger partial charge in [-0.15, -0.1) is 0 Å². The molecule has 1 fully saturated rings. The third-order valence-electron chi connectivity index (χ3n) is 3.83. The minimum atomic E-state index is 0.692. The fraction of sp³-hybridized carbons (Fsp3) is 0.714. The fourth-order valence-corrected chi connectivity index (χ4v) is 2.81. The topological polar surface area (TPSA) is 28.4 Å². The van der Waals surface area contributed by atoms with Crippen LogP contribution in [-0.2, 0) is 13.1 Å². The molecule has 0 aliphatic carbocycles. The van der Waals surface area contributed by atoms with Crippen LogP contribution >= 0.6 is 0 Å². The highest BCUT2D eigenvalue weighted by Gasteiger charge is 2.29. The molecule has 0 amide bonds. The summed E-state index contributed by atoms with van der Waals surface area (Å²) in [6.45, 7) is 6.38. The summed E-state index contributed by atoms with van der Waals surface area (Å²) in [4.78, 5) is 2.59. The molecule has 1 saturated heterocycles. The van der Waals surface area contributed by atoms with E-state index >= 15 is 0 Å². The third-order valence-corrected chi connectivity index (χ3v) is 3.83. The molecule has 3 heteroatoms. The van der Waals surface area contributed by atoms with Crippen molar-refractivity contribution in [2.75, 3.05) is 7.05 Å². The summed E-state index contributed by atoms with van der Waals surface area (Å²) in [5.41, 5.74) is 0. The van der Waals surface area contributed by atoms with Crippen molar-refractivity contribution in [2.24, 2.45) is 0 Å². The zero-order valence-corrected chi connectivity index (χ0v) is 11.2. The SMILES string of the molecule is CCC1CCC(C)N1Cc1ccc(CNC)o1. The van der Waals surface area contributed by atoms with Crippen LogP contribution < -0.4 is 5.32 Å². The van der Waals surface area contributed by atoms with Gasteiger partial charge in [0.2, 0.25) is 0 Å². The summed E-state index contributed by atoms with van der Waals surface area (Å²) < 4.78 is 5.82. The van der Waals surface area contributed by atoms with Crippen LogP contribution in [0.15, 0.2) is 16.5 Å². The number of hydrogen-bond donors (Lipinski definition) is 1. The number of nitrogens with one attached hydrogen (secondary N) is 1. The van der Waals surface area contributed by atoms with E-state index in [-0.39, 0.29) is 0 Å². The number of nitrogens with zero attached hydrogens (tertiary/aromatic N) is 1. The Morgan fingerprint density at radius 3 is 2.82 bits per heavy atom. The maximum Gasteiger partial charge on any atom is 0.118 e. The van der Waals surface area contributed by atoms with Gasteiger partial charge in [-0.1, -0.05) is 6.92 Å². The van der Waals surface area contributed by atoms with Crippen molar-refractivity contribution in [3.05, 3.63) is 23.7 Å². The lowest BCUT2D eigenvalue weighted by atomic mass is 10.1. The van der Waals surface area contributed by atoms with E-state index in [1.54, 1.807) is 0 Å². The van der Waals surface area contributed by atoms with Crippen LogP contribution in [-0.4, -0.2) is 24.0 Å². The molecule has 0 spiro atoms. The molecule has 1 aromatic heterocycles. The van der Waals surface area contributed by atoms with E-state index in [0.717, 1.165) is 30.7 Å². The van der Waals surface area contributed by atoms with Crippen LogP contribution in [0.3, 0.4) is 0 Å². The van der Waals surface area contributed by atoms with Crippen molar-refractivity contribution in [1.82, 2.24) is 10.2 Å². The first-order valence-corrected chi connectivity index (χ1v) is 6.72. The van der Waals surface area contributed by atoms with Gasteiger partial charge in [0.25, 0.3) is 0 Å². The highest BCUT2D eigenvalue weighted by atomic mass is 16.3. The van der Waals surface area contributed by atoms with Gasteiger partial charge in [0.1, 0.15) is 11.5 Å². The van der Waals surface area contributed by atoms with Crippen LogP contribution in [0.1, 0.15) is 44.6 Å². The highest BCUT2D eigenvalue weighted by Crippen LogP contribution is 2.28. The average Bonchev–Trinajstić information content (AvgIpc) is 2.89. The molecule has 0 bridgehead atoms. The Bertz CT molecular complexity index is 348. The number of likely N-dealkylation sites (tertiary alicyclic amines) is 1. The third kappa shape index (κ3) is 2.90. The van der Waals surface area contributed by atoms with Gasteiger partial charge in [0.15, 0.2) is 0 Å². The Labute approximate surface area is 104 Å². The van der Waals surface area contributed by atoms with E-state index in [4.69, 9.17) is 4.42 Å². The lowest BCUT2D eigenvalue weighted by molar-refractivity contribution is 0.174. The standard InChI is InChI=1S/C14H24N2O/c1-4-12-6-5-11(2)16(12)10-14-8-7-13(17-14)9-15-3/h7-8,11-12,15H,4-6,9-10H2,1-3H3. The molecule has 0 saturated carbocycles.